The van der Waals surface area contributed by atoms with Crippen LogP contribution in [-0.2, 0) is 17.6 Å². The molecule has 0 fully saturated rings. The minimum absolute atomic E-state index is 0.124. The summed E-state index contributed by atoms with van der Waals surface area (Å²) in [6.07, 6.45) is 2.52. The highest BCUT2D eigenvalue weighted by Crippen LogP contribution is 2.24. The van der Waals surface area contributed by atoms with Crippen LogP contribution in [0, 0.1) is 0 Å². The number of hydrogen-bond acceptors (Lipinski definition) is 4. The van der Waals surface area contributed by atoms with E-state index in [9.17, 15) is 4.79 Å². The topological polar surface area (TPSA) is 64.1 Å². The maximum absolute atomic E-state index is 13.0. The molecule has 4 aromatic carbocycles. The van der Waals surface area contributed by atoms with E-state index in [0.29, 0.717) is 12.2 Å². The van der Waals surface area contributed by atoms with Crippen LogP contribution in [0.4, 0.5) is 5.82 Å². The third-order valence-corrected chi connectivity index (χ3v) is 5.88. The van der Waals surface area contributed by atoms with E-state index >= 15 is 0 Å². The van der Waals surface area contributed by atoms with Crippen LogP contribution in [0.25, 0.3) is 22.0 Å². The summed E-state index contributed by atoms with van der Waals surface area (Å²) in [6.45, 7) is 0. The van der Waals surface area contributed by atoms with Crippen LogP contribution < -0.4 is 10.1 Å². The number of carbonyl (C=O) groups excluding carboxylic acids is 1. The minimum atomic E-state index is -0.124. The van der Waals surface area contributed by atoms with Crippen molar-refractivity contribution in [2.24, 2.45) is 0 Å². The number of carbonyl (C=O) groups is 1. The second kappa shape index (κ2) is 10.2. The van der Waals surface area contributed by atoms with E-state index in [-0.39, 0.29) is 12.3 Å². The van der Waals surface area contributed by atoms with Gasteiger partial charge in [0.05, 0.1) is 31.1 Å². The molecule has 5 rings (SSSR count). The van der Waals surface area contributed by atoms with Gasteiger partial charge < -0.3 is 10.1 Å². The largest absolute Gasteiger partial charge is 0.497 e. The Balaban J connectivity index is 1.41. The molecule has 0 aliphatic rings. The predicted octanol–water partition coefficient (Wildman–Crippen LogP) is 6.08. The van der Waals surface area contributed by atoms with Gasteiger partial charge in [0, 0.05) is 12.0 Å². The molecule has 1 aromatic heterocycles. The third-order valence-electron chi connectivity index (χ3n) is 5.88. The van der Waals surface area contributed by atoms with Gasteiger partial charge in [0.25, 0.3) is 0 Å². The molecular weight excluding hydrogens is 434 g/mol. The van der Waals surface area contributed by atoms with Crippen LogP contribution >= 0.6 is 0 Å². The van der Waals surface area contributed by atoms with Crippen LogP contribution in [0.2, 0.25) is 0 Å². The highest BCUT2D eigenvalue weighted by atomic mass is 16.5. The van der Waals surface area contributed by atoms with Crippen molar-refractivity contribution < 1.29 is 9.53 Å². The Kier molecular flexibility index (Phi) is 6.48. The predicted molar refractivity (Wildman–Crippen MR) is 140 cm³/mol. The number of amides is 1. The van der Waals surface area contributed by atoms with Gasteiger partial charge in [-0.05, 0) is 46.2 Å². The molecule has 0 aliphatic carbocycles. The summed E-state index contributed by atoms with van der Waals surface area (Å²) in [6, 6.07) is 32.0. The van der Waals surface area contributed by atoms with Crippen molar-refractivity contribution in [3.8, 4) is 17.0 Å². The molecule has 5 aromatic rings. The Hall–Kier alpha value is -4.51. The highest BCUT2D eigenvalue weighted by Gasteiger charge is 2.14. The van der Waals surface area contributed by atoms with Crippen molar-refractivity contribution in [2.75, 3.05) is 12.4 Å². The molecule has 0 unspecified atom stereocenters. The molecule has 0 saturated carbocycles. The van der Waals surface area contributed by atoms with E-state index in [0.717, 1.165) is 44.6 Å². The fourth-order valence-electron chi connectivity index (χ4n) is 4.06. The average Bonchev–Trinajstić information content (AvgIpc) is 2.90. The molecule has 1 N–H and O–H groups in total. The van der Waals surface area contributed by atoms with Gasteiger partial charge in [-0.2, -0.15) is 0 Å². The zero-order chi connectivity index (χ0) is 24.0. The molecule has 35 heavy (non-hydrogen) atoms. The lowest BCUT2D eigenvalue weighted by Gasteiger charge is -2.12. The zero-order valence-electron chi connectivity index (χ0n) is 19.4. The first-order chi connectivity index (χ1) is 17.2. The second-order valence-corrected chi connectivity index (χ2v) is 8.35. The number of rotatable bonds is 7. The number of fused-ring (bicyclic) bond motifs is 1. The van der Waals surface area contributed by atoms with E-state index in [1.54, 1.807) is 13.3 Å². The van der Waals surface area contributed by atoms with Crippen molar-refractivity contribution in [2.45, 2.75) is 12.8 Å². The minimum Gasteiger partial charge on any atom is -0.497 e. The van der Waals surface area contributed by atoms with Crippen molar-refractivity contribution in [3.63, 3.8) is 0 Å². The van der Waals surface area contributed by atoms with E-state index in [1.165, 1.54) is 0 Å². The van der Waals surface area contributed by atoms with Crippen molar-refractivity contribution in [1.82, 2.24) is 9.97 Å². The van der Waals surface area contributed by atoms with Crippen LogP contribution in [0.15, 0.2) is 103 Å². The molecule has 0 spiro atoms. The Morgan fingerprint density at radius 2 is 1.57 bits per heavy atom. The van der Waals surface area contributed by atoms with E-state index in [4.69, 9.17) is 9.72 Å². The van der Waals surface area contributed by atoms with Gasteiger partial charge in [-0.3, -0.25) is 4.79 Å². The summed E-state index contributed by atoms with van der Waals surface area (Å²) in [5.74, 6) is 1.14. The molecule has 0 atom stereocenters. The lowest BCUT2D eigenvalue weighted by molar-refractivity contribution is -0.115. The van der Waals surface area contributed by atoms with Gasteiger partial charge in [-0.25, -0.2) is 9.97 Å². The first kappa shape index (κ1) is 22.3. The first-order valence-corrected chi connectivity index (χ1v) is 11.5. The fourth-order valence-corrected chi connectivity index (χ4v) is 4.06. The summed E-state index contributed by atoms with van der Waals surface area (Å²) in [5, 5.41) is 5.26. The first-order valence-electron chi connectivity index (χ1n) is 11.5. The number of nitrogens with one attached hydrogen (secondary N) is 1. The summed E-state index contributed by atoms with van der Waals surface area (Å²) in [7, 11) is 1.64. The number of ether oxygens (including phenoxy) is 1. The number of nitrogens with zero attached hydrogens (tertiary/aromatic N) is 2. The highest BCUT2D eigenvalue weighted by molar-refractivity contribution is 5.93. The van der Waals surface area contributed by atoms with E-state index in [1.807, 2.05) is 78.9 Å². The van der Waals surface area contributed by atoms with Crippen LogP contribution in [0.5, 0.6) is 5.75 Å². The molecule has 0 bridgehead atoms. The van der Waals surface area contributed by atoms with Gasteiger partial charge in [-0.1, -0.05) is 72.8 Å². The normalized spacial score (nSPS) is 10.8. The molecule has 5 nitrogen and oxygen atoms in total. The Morgan fingerprint density at radius 3 is 2.34 bits per heavy atom. The van der Waals surface area contributed by atoms with Crippen LogP contribution in [-0.4, -0.2) is 23.0 Å². The number of aromatic nitrogens is 2. The lowest BCUT2D eigenvalue weighted by atomic mass is 10.0. The van der Waals surface area contributed by atoms with Crippen molar-refractivity contribution >= 4 is 22.5 Å². The van der Waals surface area contributed by atoms with Crippen LogP contribution in [0.1, 0.15) is 16.8 Å². The maximum Gasteiger partial charge on any atom is 0.229 e. The molecule has 0 saturated heterocycles. The van der Waals surface area contributed by atoms with Gasteiger partial charge in [-0.15, -0.1) is 0 Å². The number of methoxy groups -OCH3 is 1. The van der Waals surface area contributed by atoms with E-state index < -0.39 is 0 Å². The smallest absolute Gasteiger partial charge is 0.229 e. The number of anilines is 1. The quantitative estimate of drug-likeness (QED) is 0.320. The molecule has 172 valence electrons. The molecule has 0 aliphatic heterocycles. The second-order valence-electron chi connectivity index (χ2n) is 8.35. The van der Waals surface area contributed by atoms with Crippen LogP contribution in [0.3, 0.4) is 0 Å². The average molecular weight is 460 g/mol. The summed E-state index contributed by atoms with van der Waals surface area (Å²) < 4.78 is 5.26. The van der Waals surface area contributed by atoms with Gasteiger partial charge >= 0.3 is 0 Å². The lowest BCUT2D eigenvalue weighted by Crippen LogP contribution is -2.17. The summed E-state index contributed by atoms with van der Waals surface area (Å²) in [4.78, 5) is 22.4. The maximum atomic E-state index is 13.0. The summed E-state index contributed by atoms with van der Waals surface area (Å²) >= 11 is 0. The van der Waals surface area contributed by atoms with Gasteiger partial charge in [0.1, 0.15) is 5.75 Å². The standard InChI is InChI=1S/C30H25N3O2/c1-35-26-15-13-24(14-16-26)28-20-31-30(27(32-28)18-21-7-3-2-4-8-21)33-29(34)19-22-11-12-23-9-5-6-10-25(23)17-22/h2-17,20H,18-19H2,1H3,(H,31,33,34). The monoisotopic (exact) mass is 459 g/mol. The Morgan fingerprint density at radius 1 is 0.829 bits per heavy atom. The number of hydrogen-bond donors (Lipinski definition) is 1. The fraction of sp³-hybridized carbons (Fsp3) is 0.100. The molecule has 0 radical (unpaired) electrons. The molecule has 1 amide bonds. The SMILES string of the molecule is COc1ccc(-c2cnc(NC(=O)Cc3ccc4ccccc4c3)c(Cc3ccccc3)n2)cc1. The molecule has 1 heterocycles. The van der Waals surface area contributed by atoms with Crippen molar-refractivity contribution in [3.05, 3.63) is 120 Å². The zero-order valence-corrected chi connectivity index (χ0v) is 19.4. The Labute approximate surface area is 204 Å². The van der Waals surface area contributed by atoms with Gasteiger partial charge in [0.2, 0.25) is 5.91 Å². The van der Waals surface area contributed by atoms with Gasteiger partial charge in [0.15, 0.2) is 5.82 Å². The summed E-state index contributed by atoms with van der Waals surface area (Å²) in [5.41, 5.74) is 4.44. The molecule has 5 heteroatoms. The van der Waals surface area contributed by atoms with Crippen molar-refractivity contribution in [1.29, 1.82) is 0 Å². The third kappa shape index (κ3) is 5.36. The number of benzene rings is 4. The molecular formula is C30H25N3O2. The Bertz CT molecular complexity index is 1460. The van der Waals surface area contributed by atoms with E-state index in [2.05, 4.69) is 28.5 Å².